The average molecular weight is 319 g/mol. The van der Waals surface area contributed by atoms with Crippen molar-refractivity contribution in [2.24, 2.45) is 0 Å². The zero-order valence-electron chi connectivity index (χ0n) is 8.84. The first kappa shape index (κ1) is 15.1. The van der Waals surface area contributed by atoms with Crippen LogP contribution in [0.2, 0.25) is 5.02 Å². The Hall–Kier alpha value is -0.920. The zero-order chi connectivity index (χ0) is 14.1. The van der Waals surface area contributed by atoms with E-state index in [1.165, 1.54) is 6.92 Å². The van der Waals surface area contributed by atoms with Crippen molar-refractivity contribution < 1.29 is 26.7 Å². The van der Waals surface area contributed by atoms with E-state index in [9.17, 15) is 22.0 Å². The Labute approximate surface area is 111 Å². The largest absolute Gasteiger partial charge is 0.462 e. The van der Waals surface area contributed by atoms with Gasteiger partial charge in [-0.3, -0.25) is 0 Å². The summed E-state index contributed by atoms with van der Waals surface area (Å²) >= 11 is 5.53. The van der Waals surface area contributed by atoms with Crippen LogP contribution in [0.4, 0.5) is 8.78 Å². The van der Waals surface area contributed by atoms with Crippen molar-refractivity contribution >= 4 is 37.3 Å². The summed E-state index contributed by atoms with van der Waals surface area (Å²) in [6.07, 6.45) is 0. The Morgan fingerprint density at radius 3 is 2.44 bits per heavy atom. The zero-order valence-corrected chi connectivity index (χ0v) is 11.2. The van der Waals surface area contributed by atoms with Gasteiger partial charge < -0.3 is 4.74 Å². The lowest BCUT2D eigenvalue weighted by Crippen LogP contribution is -2.10. The highest BCUT2D eigenvalue weighted by Crippen LogP contribution is 2.32. The highest BCUT2D eigenvalue weighted by Gasteiger charge is 2.29. The van der Waals surface area contributed by atoms with E-state index in [0.29, 0.717) is 6.07 Å². The van der Waals surface area contributed by atoms with Crippen LogP contribution in [-0.4, -0.2) is 21.0 Å². The number of carbonyl (C=O) groups excluding carboxylic acids is 1. The molecule has 1 aromatic rings. The Bertz CT molecular complexity index is 601. The van der Waals surface area contributed by atoms with Crippen LogP contribution in [0.1, 0.15) is 17.3 Å². The normalized spacial score (nSPS) is 11.4. The third kappa shape index (κ3) is 2.90. The van der Waals surface area contributed by atoms with Crippen molar-refractivity contribution in [1.82, 2.24) is 0 Å². The molecule has 1 aromatic carbocycles. The van der Waals surface area contributed by atoms with E-state index < -0.39 is 42.1 Å². The Kier molecular flexibility index (Phi) is 4.52. The quantitative estimate of drug-likeness (QED) is 0.488. The molecule has 18 heavy (non-hydrogen) atoms. The van der Waals surface area contributed by atoms with E-state index in [1.54, 1.807) is 0 Å². The molecular formula is C9H6Cl2F2O4S. The summed E-state index contributed by atoms with van der Waals surface area (Å²) < 4.78 is 53.2. The van der Waals surface area contributed by atoms with Crippen LogP contribution in [0.15, 0.2) is 11.0 Å². The van der Waals surface area contributed by atoms with Crippen molar-refractivity contribution in [3.8, 4) is 0 Å². The van der Waals surface area contributed by atoms with Gasteiger partial charge >= 0.3 is 5.97 Å². The molecule has 0 aliphatic heterocycles. The van der Waals surface area contributed by atoms with Crippen molar-refractivity contribution in [3.63, 3.8) is 0 Å². The minimum absolute atomic E-state index is 0.0445. The fourth-order valence-electron chi connectivity index (χ4n) is 1.15. The molecule has 0 amide bonds. The molecule has 0 aliphatic rings. The lowest BCUT2D eigenvalue weighted by atomic mass is 10.2. The first-order valence-electron chi connectivity index (χ1n) is 4.49. The fraction of sp³-hybridized carbons (Fsp3) is 0.222. The van der Waals surface area contributed by atoms with Gasteiger partial charge in [0.1, 0.15) is 4.90 Å². The highest BCUT2D eigenvalue weighted by atomic mass is 35.7. The standard InChI is InChI=1S/C9H6Cl2F2O4S/c1-2-17-9(14)4-3-5(12)7(13)8(6(4)10)18(11,15)16/h3H,2H2,1H3. The van der Waals surface area contributed by atoms with E-state index >= 15 is 0 Å². The second-order valence-corrected chi connectivity index (χ2v) is 5.90. The van der Waals surface area contributed by atoms with Crippen molar-refractivity contribution in [2.45, 2.75) is 11.8 Å². The molecule has 0 aromatic heterocycles. The topological polar surface area (TPSA) is 60.4 Å². The van der Waals surface area contributed by atoms with E-state index in [2.05, 4.69) is 4.74 Å². The number of halogens is 4. The summed E-state index contributed by atoms with van der Waals surface area (Å²) in [6, 6.07) is 0.446. The number of esters is 1. The van der Waals surface area contributed by atoms with Gasteiger partial charge in [-0.1, -0.05) is 11.6 Å². The van der Waals surface area contributed by atoms with Gasteiger partial charge in [-0.05, 0) is 13.0 Å². The molecule has 0 spiro atoms. The second-order valence-electron chi connectivity index (χ2n) is 3.02. The van der Waals surface area contributed by atoms with Crippen LogP contribution in [0.3, 0.4) is 0 Å². The molecule has 9 heteroatoms. The predicted octanol–water partition coefficient (Wildman–Crippen LogP) is 2.72. The molecule has 0 N–H and O–H groups in total. The van der Waals surface area contributed by atoms with E-state index in [-0.39, 0.29) is 6.61 Å². The summed E-state index contributed by atoms with van der Waals surface area (Å²) in [5, 5.41) is -0.817. The van der Waals surface area contributed by atoms with Crippen LogP contribution >= 0.6 is 22.3 Å². The first-order valence-corrected chi connectivity index (χ1v) is 7.18. The summed E-state index contributed by atoms with van der Waals surface area (Å²) in [5.41, 5.74) is -0.614. The number of ether oxygens (including phenoxy) is 1. The number of hydrogen-bond acceptors (Lipinski definition) is 4. The molecular weight excluding hydrogens is 313 g/mol. The van der Waals surface area contributed by atoms with Crippen LogP contribution < -0.4 is 0 Å². The summed E-state index contributed by atoms with van der Waals surface area (Å²) in [4.78, 5) is 10.1. The smallest absolute Gasteiger partial charge is 0.339 e. The SMILES string of the molecule is CCOC(=O)c1cc(F)c(F)c(S(=O)(=O)Cl)c1Cl. The first-order chi connectivity index (χ1) is 8.20. The number of carbonyl (C=O) groups is 1. The third-order valence-corrected chi connectivity index (χ3v) is 3.69. The van der Waals surface area contributed by atoms with Crippen LogP contribution in [0.5, 0.6) is 0 Å². The predicted molar refractivity (Wildman–Crippen MR) is 60.4 cm³/mol. The van der Waals surface area contributed by atoms with Crippen molar-refractivity contribution in [2.75, 3.05) is 6.61 Å². The molecule has 0 atom stereocenters. The molecule has 100 valence electrons. The molecule has 1 rings (SSSR count). The highest BCUT2D eigenvalue weighted by molar-refractivity contribution is 8.13. The second kappa shape index (κ2) is 5.38. The number of hydrogen-bond donors (Lipinski definition) is 0. The van der Waals surface area contributed by atoms with Crippen molar-refractivity contribution in [1.29, 1.82) is 0 Å². The van der Waals surface area contributed by atoms with Gasteiger partial charge in [0.05, 0.1) is 17.2 Å². The Morgan fingerprint density at radius 2 is 2.00 bits per heavy atom. The molecule has 0 bridgehead atoms. The fourth-order valence-corrected chi connectivity index (χ4v) is 2.86. The lowest BCUT2D eigenvalue weighted by molar-refractivity contribution is 0.0525. The van der Waals surface area contributed by atoms with Crippen LogP contribution in [0.25, 0.3) is 0 Å². The van der Waals surface area contributed by atoms with Gasteiger partial charge in [0, 0.05) is 10.7 Å². The van der Waals surface area contributed by atoms with Gasteiger partial charge in [-0.15, -0.1) is 0 Å². The third-order valence-electron chi connectivity index (χ3n) is 1.86. The average Bonchev–Trinajstić information content (AvgIpc) is 2.22. The molecule has 0 radical (unpaired) electrons. The minimum atomic E-state index is -4.64. The van der Waals surface area contributed by atoms with Gasteiger partial charge in [0.15, 0.2) is 11.6 Å². The maximum atomic E-state index is 13.3. The summed E-state index contributed by atoms with van der Waals surface area (Å²) in [6.45, 7) is 1.43. The molecule has 0 saturated heterocycles. The maximum absolute atomic E-state index is 13.3. The maximum Gasteiger partial charge on any atom is 0.339 e. The molecule has 0 aliphatic carbocycles. The molecule has 0 heterocycles. The Morgan fingerprint density at radius 1 is 1.44 bits per heavy atom. The number of rotatable bonds is 3. The molecule has 0 saturated carbocycles. The van der Waals surface area contributed by atoms with Crippen LogP contribution in [-0.2, 0) is 13.8 Å². The molecule has 0 fully saturated rings. The van der Waals surface area contributed by atoms with Crippen LogP contribution in [0, 0.1) is 11.6 Å². The molecule has 0 unspecified atom stereocenters. The lowest BCUT2D eigenvalue weighted by Gasteiger charge is -2.08. The van der Waals surface area contributed by atoms with E-state index in [4.69, 9.17) is 22.3 Å². The van der Waals surface area contributed by atoms with Gasteiger partial charge in [0.25, 0.3) is 9.05 Å². The van der Waals surface area contributed by atoms with Gasteiger partial charge in [-0.25, -0.2) is 22.0 Å². The van der Waals surface area contributed by atoms with E-state index in [0.717, 1.165) is 0 Å². The van der Waals surface area contributed by atoms with Gasteiger partial charge in [-0.2, -0.15) is 0 Å². The number of benzene rings is 1. The summed E-state index contributed by atoms with van der Waals surface area (Å²) in [5.74, 6) is -4.40. The monoisotopic (exact) mass is 318 g/mol. The van der Waals surface area contributed by atoms with Crippen molar-refractivity contribution in [3.05, 3.63) is 28.3 Å². The minimum Gasteiger partial charge on any atom is -0.462 e. The molecule has 4 nitrogen and oxygen atoms in total. The van der Waals surface area contributed by atoms with Gasteiger partial charge in [0.2, 0.25) is 0 Å². The van der Waals surface area contributed by atoms with E-state index in [1.807, 2.05) is 0 Å². The Balaban J connectivity index is 3.60. The summed E-state index contributed by atoms with van der Waals surface area (Å²) in [7, 11) is 0.284.